The Morgan fingerprint density at radius 1 is 1.39 bits per heavy atom. The van der Waals surface area contributed by atoms with Gasteiger partial charge in [-0.2, -0.15) is 0 Å². The van der Waals surface area contributed by atoms with Gasteiger partial charge in [0.05, 0.1) is 11.0 Å². The van der Waals surface area contributed by atoms with Gasteiger partial charge in [-0.25, -0.2) is 9.78 Å². The SMILES string of the molecule is O=C(c1cc(=O)[nH]c(=O)[nH]1)N1CCC(Oc2ncccc2Br)C1. The van der Waals surface area contributed by atoms with Crippen LogP contribution >= 0.6 is 15.9 Å². The number of amides is 1. The van der Waals surface area contributed by atoms with Gasteiger partial charge in [0.15, 0.2) is 0 Å². The van der Waals surface area contributed by atoms with Gasteiger partial charge in [-0.15, -0.1) is 0 Å². The van der Waals surface area contributed by atoms with Crippen molar-refractivity contribution in [3.63, 3.8) is 0 Å². The van der Waals surface area contributed by atoms with E-state index in [9.17, 15) is 14.4 Å². The lowest BCUT2D eigenvalue weighted by atomic mass is 10.3. The molecule has 1 aliphatic rings. The number of ether oxygens (including phenoxy) is 1. The van der Waals surface area contributed by atoms with E-state index < -0.39 is 17.2 Å². The lowest BCUT2D eigenvalue weighted by molar-refractivity contribution is 0.0764. The van der Waals surface area contributed by atoms with Crippen LogP contribution in [0.3, 0.4) is 0 Å². The van der Waals surface area contributed by atoms with Crippen molar-refractivity contribution in [3.05, 3.63) is 55.4 Å². The van der Waals surface area contributed by atoms with E-state index in [1.54, 1.807) is 12.3 Å². The highest BCUT2D eigenvalue weighted by Crippen LogP contribution is 2.24. The third-order valence-electron chi connectivity index (χ3n) is 3.43. The zero-order valence-electron chi connectivity index (χ0n) is 11.9. The van der Waals surface area contributed by atoms with Gasteiger partial charge in [0.25, 0.3) is 11.5 Å². The van der Waals surface area contributed by atoms with E-state index in [-0.39, 0.29) is 11.8 Å². The minimum atomic E-state index is -0.703. The van der Waals surface area contributed by atoms with E-state index in [2.05, 4.69) is 25.9 Å². The zero-order chi connectivity index (χ0) is 16.4. The van der Waals surface area contributed by atoms with Gasteiger partial charge in [0.1, 0.15) is 11.8 Å². The second-order valence-electron chi connectivity index (χ2n) is 5.07. The van der Waals surface area contributed by atoms with E-state index in [0.717, 1.165) is 10.5 Å². The molecular weight excluding hydrogens is 368 g/mol. The molecule has 0 bridgehead atoms. The van der Waals surface area contributed by atoms with Gasteiger partial charge in [-0.3, -0.25) is 14.6 Å². The van der Waals surface area contributed by atoms with Crippen LogP contribution in [0.5, 0.6) is 5.88 Å². The Labute approximate surface area is 138 Å². The molecule has 0 radical (unpaired) electrons. The quantitative estimate of drug-likeness (QED) is 0.806. The van der Waals surface area contributed by atoms with Gasteiger partial charge < -0.3 is 14.6 Å². The van der Waals surface area contributed by atoms with Crippen LogP contribution in [-0.4, -0.2) is 45.0 Å². The Balaban J connectivity index is 1.70. The van der Waals surface area contributed by atoms with Crippen molar-refractivity contribution in [3.8, 4) is 5.88 Å². The summed E-state index contributed by atoms with van der Waals surface area (Å²) in [5.74, 6) is 0.0655. The molecule has 2 aromatic heterocycles. The Morgan fingerprint density at radius 2 is 2.22 bits per heavy atom. The lowest BCUT2D eigenvalue weighted by Crippen LogP contribution is -2.34. The first-order chi connectivity index (χ1) is 11.0. The molecule has 1 atom stereocenters. The molecule has 9 heteroatoms. The van der Waals surface area contributed by atoms with Crippen molar-refractivity contribution in [2.75, 3.05) is 13.1 Å². The fourth-order valence-electron chi connectivity index (χ4n) is 2.38. The number of aromatic nitrogens is 3. The number of carbonyl (C=O) groups is 1. The van der Waals surface area contributed by atoms with Crippen LogP contribution in [0.25, 0.3) is 0 Å². The number of nitrogens with zero attached hydrogens (tertiary/aromatic N) is 2. The number of aromatic amines is 2. The first-order valence-electron chi connectivity index (χ1n) is 6.93. The second kappa shape index (κ2) is 6.37. The molecule has 1 unspecified atom stereocenters. The average molecular weight is 381 g/mol. The highest BCUT2D eigenvalue weighted by Gasteiger charge is 2.29. The van der Waals surface area contributed by atoms with Crippen LogP contribution in [0.1, 0.15) is 16.9 Å². The Morgan fingerprint density at radius 3 is 2.96 bits per heavy atom. The van der Waals surface area contributed by atoms with E-state index in [0.29, 0.717) is 25.4 Å². The summed E-state index contributed by atoms with van der Waals surface area (Å²) < 4.78 is 6.52. The van der Waals surface area contributed by atoms with Gasteiger partial charge in [-0.05, 0) is 28.1 Å². The summed E-state index contributed by atoms with van der Waals surface area (Å²) in [5.41, 5.74) is -1.34. The van der Waals surface area contributed by atoms with Gasteiger partial charge in [0, 0.05) is 25.2 Å². The summed E-state index contributed by atoms with van der Waals surface area (Å²) in [6.45, 7) is 0.833. The molecule has 1 fully saturated rings. The zero-order valence-corrected chi connectivity index (χ0v) is 13.5. The normalized spacial score (nSPS) is 17.3. The first kappa shape index (κ1) is 15.5. The van der Waals surface area contributed by atoms with E-state index in [1.165, 1.54) is 4.90 Å². The fraction of sp³-hybridized carbons (Fsp3) is 0.286. The van der Waals surface area contributed by atoms with Crippen LogP contribution < -0.4 is 16.0 Å². The molecule has 0 spiro atoms. The van der Waals surface area contributed by atoms with Crippen LogP contribution in [0.4, 0.5) is 0 Å². The highest BCUT2D eigenvalue weighted by atomic mass is 79.9. The summed E-state index contributed by atoms with van der Waals surface area (Å²) in [7, 11) is 0. The van der Waals surface area contributed by atoms with Crippen molar-refractivity contribution in [1.82, 2.24) is 19.9 Å². The number of halogens is 1. The Hall–Kier alpha value is -2.42. The maximum atomic E-state index is 12.3. The van der Waals surface area contributed by atoms with Crippen molar-refractivity contribution < 1.29 is 9.53 Å². The number of hydrogen-bond donors (Lipinski definition) is 2. The summed E-state index contributed by atoms with van der Waals surface area (Å²) >= 11 is 3.35. The summed E-state index contributed by atoms with van der Waals surface area (Å²) in [4.78, 5) is 44.9. The van der Waals surface area contributed by atoms with E-state index in [4.69, 9.17) is 4.74 Å². The predicted molar refractivity (Wildman–Crippen MR) is 84.6 cm³/mol. The number of H-pyrrole nitrogens is 2. The van der Waals surface area contributed by atoms with E-state index >= 15 is 0 Å². The van der Waals surface area contributed by atoms with Crippen LogP contribution in [0.2, 0.25) is 0 Å². The number of pyridine rings is 1. The monoisotopic (exact) mass is 380 g/mol. The maximum Gasteiger partial charge on any atom is 0.326 e. The maximum absolute atomic E-state index is 12.3. The van der Waals surface area contributed by atoms with E-state index in [1.807, 2.05) is 11.1 Å². The number of rotatable bonds is 3. The third-order valence-corrected chi connectivity index (χ3v) is 4.03. The summed E-state index contributed by atoms with van der Waals surface area (Å²) in [6.07, 6.45) is 2.07. The molecule has 1 amide bonds. The summed E-state index contributed by atoms with van der Waals surface area (Å²) in [6, 6.07) is 4.68. The molecule has 1 aliphatic heterocycles. The molecule has 1 saturated heterocycles. The molecule has 3 rings (SSSR count). The second-order valence-corrected chi connectivity index (χ2v) is 5.93. The fourth-order valence-corrected chi connectivity index (χ4v) is 2.73. The van der Waals surface area contributed by atoms with Crippen molar-refractivity contribution in [1.29, 1.82) is 0 Å². The number of nitrogens with one attached hydrogen (secondary N) is 2. The highest BCUT2D eigenvalue weighted by molar-refractivity contribution is 9.10. The smallest absolute Gasteiger partial charge is 0.326 e. The van der Waals surface area contributed by atoms with Crippen LogP contribution in [0.15, 0.2) is 38.5 Å². The number of carbonyl (C=O) groups excluding carboxylic acids is 1. The topological polar surface area (TPSA) is 108 Å². The molecule has 0 aromatic carbocycles. The average Bonchev–Trinajstić information content (AvgIpc) is 2.96. The minimum absolute atomic E-state index is 0.0292. The van der Waals surface area contributed by atoms with Gasteiger partial charge in [0.2, 0.25) is 5.88 Å². The number of hydrogen-bond acceptors (Lipinski definition) is 5. The largest absolute Gasteiger partial charge is 0.472 e. The molecular formula is C14H13BrN4O4. The molecule has 8 nitrogen and oxygen atoms in total. The Kier molecular flexibility index (Phi) is 4.28. The molecule has 2 N–H and O–H groups in total. The van der Waals surface area contributed by atoms with Crippen molar-refractivity contribution >= 4 is 21.8 Å². The molecule has 0 saturated carbocycles. The molecule has 2 aromatic rings. The van der Waals surface area contributed by atoms with Crippen LogP contribution in [0, 0.1) is 0 Å². The Bertz CT molecular complexity index is 819. The first-order valence-corrected chi connectivity index (χ1v) is 7.72. The predicted octanol–water partition coefficient (Wildman–Crippen LogP) is 0.514. The van der Waals surface area contributed by atoms with Gasteiger partial charge >= 0.3 is 5.69 Å². The molecule has 3 heterocycles. The van der Waals surface area contributed by atoms with Crippen molar-refractivity contribution in [2.45, 2.75) is 12.5 Å². The van der Waals surface area contributed by atoms with Gasteiger partial charge in [-0.1, -0.05) is 0 Å². The standard InChI is InChI=1S/C14H13BrN4O4/c15-9-2-1-4-16-12(9)23-8-3-5-19(7-8)13(21)10-6-11(20)18-14(22)17-10/h1-2,4,6,8H,3,5,7H2,(H2,17,18,20,22). The summed E-state index contributed by atoms with van der Waals surface area (Å²) in [5, 5.41) is 0. The lowest BCUT2D eigenvalue weighted by Gasteiger charge is -2.17. The molecule has 23 heavy (non-hydrogen) atoms. The van der Waals surface area contributed by atoms with Crippen LogP contribution in [-0.2, 0) is 0 Å². The minimum Gasteiger partial charge on any atom is -0.472 e. The molecule has 120 valence electrons. The van der Waals surface area contributed by atoms with Crippen molar-refractivity contribution in [2.24, 2.45) is 0 Å². The molecule has 0 aliphatic carbocycles. The number of likely N-dealkylation sites (tertiary alicyclic amines) is 1. The third kappa shape index (κ3) is 3.50.